The molecule has 2 amide bonds. The fourth-order valence-electron chi connectivity index (χ4n) is 2.96. The topological polar surface area (TPSA) is 49.9 Å². The van der Waals surface area contributed by atoms with Crippen LogP contribution in [0.15, 0.2) is 17.5 Å². The number of piperidine rings is 1. The van der Waals surface area contributed by atoms with E-state index in [1.54, 1.807) is 0 Å². The highest BCUT2D eigenvalue weighted by Gasteiger charge is 2.32. The molecule has 6 heteroatoms. The van der Waals surface area contributed by atoms with Crippen LogP contribution in [0.3, 0.4) is 0 Å². The minimum absolute atomic E-state index is 0.0548. The fourth-order valence-corrected chi connectivity index (χ4v) is 3.65. The standard InChI is InChI=1S/C15H20N2O3S/c18-14(16-6-8-20-9-7-16)12-3-1-5-17(11-12)15(19)13-4-2-10-21-13/h2,4,10,12H,1,3,5-9,11H2. The Hall–Kier alpha value is -1.40. The van der Waals surface area contributed by atoms with Crippen LogP contribution in [-0.4, -0.2) is 61.0 Å². The molecule has 2 aliphatic rings. The summed E-state index contributed by atoms with van der Waals surface area (Å²) >= 11 is 1.46. The lowest BCUT2D eigenvalue weighted by molar-refractivity contribution is -0.141. The van der Waals surface area contributed by atoms with Gasteiger partial charge in [0.2, 0.25) is 5.91 Å². The SMILES string of the molecule is O=C(c1cccs1)N1CCCC(C(=O)N2CCOCC2)C1. The number of nitrogens with zero attached hydrogens (tertiary/aromatic N) is 2. The van der Waals surface area contributed by atoms with Gasteiger partial charge in [0, 0.05) is 26.2 Å². The molecule has 1 aromatic heterocycles. The van der Waals surface area contributed by atoms with E-state index in [9.17, 15) is 9.59 Å². The zero-order valence-electron chi connectivity index (χ0n) is 12.0. The summed E-state index contributed by atoms with van der Waals surface area (Å²) in [6.45, 7) is 3.89. The van der Waals surface area contributed by atoms with Crippen molar-refractivity contribution < 1.29 is 14.3 Å². The van der Waals surface area contributed by atoms with Gasteiger partial charge in [0.25, 0.3) is 5.91 Å². The summed E-state index contributed by atoms with van der Waals surface area (Å²) in [5.41, 5.74) is 0. The largest absolute Gasteiger partial charge is 0.378 e. The highest BCUT2D eigenvalue weighted by atomic mass is 32.1. The number of hydrogen-bond donors (Lipinski definition) is 0. The van der Waals surface area contributed by atoms with E-state index in [4.69, 9.17) is 4.74 Å². The van der Waals surface area contributed by atoms with Gasteiger partial charge in [-0.25, -0.2) is 0 Å². The van der Waals surface area contributed by atoms with Gasteiger partial charge in [-0.1, -0.05) is 6.07 Å². The fraction of sp³-hybridized carbons (Fsp3) is 0.600. The number of morpholine rings is 1. The van der Waals surface area contributed by atoms with E-state index in [0.29, 0.717) is 32.8 Å². The highest BCUT2D eigenvalue weighted by Crippen LogP contribution is 2.22. The Morgan fingerprint density at radius 2 is 2.00 bits per heavy atom. The van der Waals surface area contributed by atoms with Gasteiger partial charge in [-0.2, -0.15) is 0 Å². The summed E-state index contributed by atoms with van der Waals surface area (Å²) < 4.78 is 5.29. The van der Waals surface area contributed by atoms with Crippen LogP contribution < -0.4 is 0 Å². The van der Waals surface area contributed by atoms with Crippen molar-refractivity contribution in [3.05, 3.63) is 22.4 Å². The van der Waals surface area contributed by atoms with Gasteiger partial charge in [0.1, 0.15) is 0 Å². The number of ether oxygens (including phenoxy) is 1. The molecule has 3 rings (SSSR count). The molecule has 2 aliphatic heterocycles. The van der Waals surface area contributed by atoms with Crippen molar-refractivity contribution in [2.24, 2.45) is 5.92 Å². The van der Waals surface area contributed by atoms with Gasteiger partial charge < -0.3 is 14.5 Å². The van der Waals surface area contributed by atoms with E-state index in [0.717, 1.165) is 24.3 Å². The molecule has 0 N–H and O–H groups in total. The first-order chi connectivity index (χ1) is 10.3. The lowest BCUT2D eigenvalue weighted by Crippen LogP contribution is -2.49. The summed E-state index contributed by atoms with van der Waals surface area (Å²) in [4.78, 5) is 29.4. The molecule has 1 aromatic rings. The summed E-state index contributed by atoms with van der Waals surface area (Å²) in [5.74, 6) is 0.187. The van der Waals surface area contributed by atoms with Crippen LogP contribution in [0.1, 0.15) is 22.5 Å². The highest BCUT2D eigenvalue weighted by molar-refractivity contribution is 7.12. The zero-order chi connectivity index (χ0) is 14.7. The Morgan fingerprint density at radius 3 is 2.71 bits per heavy atom. The van der Waals surface area contributed by atoms with E-state index in [1.807, 2.05) is 27.3 Å². The number of thiophene rings is 1. The normalized spacial score (nSPS) is 23.1. The van der Waals surface area contributed by atoms with E-state index in [1.165, 1.54) is 11.3 Å². The molecule has 2 saturated heterocycles. The zero-order valence-corrected chi connectivity index (χ0v) is 12.8. The number of carbonyl (C=O) groups is 2. The summed E-state index contributed by atoms with van der Waals surface area (Å²) in [6, 6.07) is 3.73. The predicted octanol–water partition coefficient (Wildman–Crippen LogP) is 1.46. The maximum Gasteiger partial charge on any atom is 0.263 e. The summed E-state index contributed by atoms with van der Waals surface area (Å²) in [6.07, 6.45) is 1.78. The molecule has 0 saturated carbocycles. The average Bonchev–Trinajstić information content (AvgIpc) is 3.09. The smallest absolute Gasteiger partial charge is 0.263 e. The van der Waals surface area contributed by atoms with Crippen LogP contribution in [0.2, 0.25) is 0 Å². The minimum Gasteiger partial charge on any atom is -0.378 e. The van der Waals surface area contributed by atoms with E-state index in [-0.39, 0.29) is 17.7 Å². The number of carbonyl (C=O) groups excluding carboxylic acids is 2. The third kappa shape index (κ3) is 3.27. The molecule has 1 atom stereocenters. The Labute approximate surface area is 128 Å². The van der Waals surface area contributed by atoms with Crippen molar-refractivity contribution >= 4 is 23.2 Å². The van der Waals surface area contributed by atoms with E-state index < -0.39 is 0 Å². The molecule has 0 radical (unpaired) electrons. The van der Waals surface area contributed by atoms with Gasteiger partial charge >= 0.3 is 0 Å². The molecule has 0 bridgehead atoms. The first-order valence-corrected chi connectivity index (χ1v) is 8.33. The molecule has 0 spiro atoms. The van der Waals surface area contributed by atoms with Crippen LogP contribution in [0.5, 0.6) is 0 Å². The number of likely N-dealkylation sites (tertiary alicyclic amines) is 1. The Kier molecular flexibility index (Phi) is 4.55. The molecule has 114 valence electrons. The third-order valence-corrected chi connectivity index (χ3v) is 4.97. The summed E-state index contributed by atoms with van der Waals surface area (Å²) in [7, 11) is 0. The second-order valence-corrected chi connectivity index (χ2v) is 6.45. The molecule has 1 unspecified atom stereocenters. The second-order valence-electron chi connectivity index (χ2n) is 5.51. The first-order valence-electron chi connectivity index (χ1n) is 7.45. The van der Waals surface area contributed by atoms with Gasteiger partial charge in [0.05, 0.1) is 24.0 Å². The predicted molar refractivity (Wildman–Crippen MR) is 80.3 cm³/mol. The number of amides is 2. The Bertz CT molecular complexity index is 497. The van der Waals surface area contributed by atoms with Crippen LogP contribution in [0.25, 0.3) is 0 Å². The second kappa shape index (κ2) is 6.58. The number of hydrogen-bond acceptors (Lipinski definition) is 4. The van der Waals surface area contributed by atoms with Crippen LogP contribution in [0, 0.1) is 5.92 Å². The Balaban J connectivity index is 1.62. The molecule has 21 heavy (non-hydrogen) atoms. The van der Waals surface area contributed by atoms with Gasteiger partial charge in [-0.05, 0) is 24.3 Å². The average molecular weight is 308 g/mol. The molecule has 5 nitrogen and oxygen atoms in total. The monoisotopic (exact) mass is 308 g/mol. The van der Waals surface area contributed by atoms with Gasteiger partial charge in [-0.15, -0.1) is 11.3 Å². The third-order valence-electron chi connectivity index (χ3n) is 4.11. The van der Waals surface area contributed by atoms with Crippen molar-refractivity contribution in [3.63, 3.8) is 0 Å². The summed E-state index contributed by atoms with van der Waals surface area (Å²) in [5, 5.41) is 1.91. The van der Waals surface area contributed by atoms with E-state index in [2.05, 4.69) is 0 Å². The van der Waals surface area contributed by atoms with Crippen molar-refractivity contribution in [1.82, 2.24) is 9.80 Å². The maximum absolute atomic E-state index is 12.5. The number of rotatable bonds is 2. The molecule has 2 fully saturated rings. The Morgan fingerprint density at radius 1 is 1.19 bits per heavy atom. The van der Waals surface area contributed by atoms with Gasteiger partial charge in [-0.3, -0.25) is 9.59 Å². The molecule has 0 aromatic carbocycles. The molecule has 0 aliphatic carbocycles. The van der Waals surface area contributed by atoms with Crippen molar-refractivity contribution in [2.45, 2.75) is 12.8 Å². The first kappa shape index (κ1) is 14.5. The maximum atomic E-state index is 12.5. The van der Waals surface area contributed by atoms with E-state index >= 15 is 0 Å². The lowest BCUT2D eigenvalue weighted by Gasteiger charge is -2.36. The van der Waals surface area contributed by atoms with Crippen molar-refractivity contribution in [2.75, 3.05) is 39.4 Å². The minimum atomic E-state index is -0.0548. The van der Waals surface area contributed by atoms with Crippen molar-refractivity contribution in [3.8, 4) is 0 Å². The van der Waals surface area contributed by atoms with Crippen molar-refractivity contribution in [1.29, 1.82) is 0 Å². The quantitative estimate of drug-likeness (QED) is 0.831. The van der Waals surface area contributed by atoms with Crippen LogP contribution in [-0.2, 0) is 9.53 Å². The van der Waals surface area contributed by atoms with Crippen LogP contribution >= 0.6 is 11.3 Å². The molecule has 3 heterocycles. The molecular formula is C15H20N2O3S. The van der Waals surface area contributed by atoms with Gasteiger partial charge in [0.15, 0.2) is 0 Å². The van der Waals surface area contributed by atoms with Crippen LogP contribution in [0.4, 0.5) is 0 Å². The molecular weight excluding hydrogens is 288 g/mol. The lowest BCUT2D eigenvalue weighted by atomic mass is 9.96.